The lowest BCUT2D eigenvalue weighted by Crippen LogP contribution is -2.10. The summed E-state index contributed by atoms with van der Waals surface area (Å²) in [4.78, 5) is 20.1. The van der Waals surface area contributed by atoms with Crippen molar-refractivity contribution in [1.29, 1.82) is 0 Å². The summed E-state index contributed by atoms with van der Waals surface area (Å²) in [5, 5.41) is 0. The molecule has 2 aromatic heterocycles. The van der Waals surface area contributed by atoms with Gasteiger partial charge in [0.2, 0.25) is 5.91 Å². The highest BCUT2D eigenvalue weighted by Gasteiger charge is 2.09. The third kappa shape index (κ3) is 2.76. The molecule has 5 nitrogen and oxygen atoms in total. The Kier molecular flexibility index (Phi) is 3.54. The van der Waals surface area contributed by atoms with Crippen molar-refractivity contribution >= 4 is 11.6 Å². The van der Waals surface area contributed by atoms with E-state index >= 15 is 0 Å². The number of amides is 1. The zero-order valence-electron chi connectivity index (χ0n) is 13.7. The fourth-order valence-electron chi connectivity index (χ4n) is 2.78. The van der Waals surface area contributed by atoms with Crippen LogP contribution in [0.4, 0.5) is 0 Å². The molecule has 0 radical (unpaired) electrons. The normalized spacial score (nSPS) is 10.9. The minimum Gasteiger partial charge on any atom is -0.366 e. The van der Waals surface area contributed by atoms with Gasteiger partial charge in [-0.2, -0.15) is 0 Å². The third-order valence-electron chi connectivity index (χ3n) is 4.21. The summed E-state index contributed by atoms with van der Waals surface area (Å²) < 4.78 is 2.02. The summed E-state index contributed by atoms with van der Waals surface area (Å²) in [5.41, 5.74) is 11.6. The van der Waals surface area contributed by atoms with Crippen molar-refractivity contribution in [3.63, 3.8) is 0 Å². The van der Waals surface area contributed by atoms with Crippen LogP contribution >= 0.6 is 0 Å². The van der Waals surface area contributed by atoms with E-state index in [0.717, 1.165) is 28.2 Å². The van der Waals surface area contributed by atoms with Crippen LogP contribution in [0.5, 0.6) is 0 Å². The molecule has 0 unspecified atom stereocenters. The number of benzene rings is 2. The Hall–Kier alpha value is -3.47. The molecule has 0 aliphatic carbocycles. The van der Waals surface area contributed by atoms with Gasteiger partial charge >= 0.3 is 0 Å². The SMILES string of the molecule is Cc1ccc(-c2cnc3cnc(-c4ccc(C(N)=O)cc4)cn23)cc1. The molecule has 25 heavy (non-hydrogen) atoms. The van der Waals surface area contributed by atoms with Gasteiger partial charge < -0.3 is 5.73 Å². The molecule has 2 N–H and O–H groups in total. The van der Waals surface area contributed by atoms with Crippen LogP contribution in [0.25, 0.3) is 28.2 Å². The van der Waals surface area contributed by atoms with Crippen LogP contribution in [0.3, 0.4) is 0 Å². The Morgan fingerprint density at radius 1 is 0.920 bits per heavy atom. The molecule has 0 saturated heterocycles. The topological polar surface area (TPSA) is 73.3 Å². The maximum Gasteiger partial charge on any atom is 0.248 e. The predicted octanol–water partition coefficient (Wildman–Crippen LogP) is 3.47. The Morgan fingerprint density at radius 3 is 2.28 bits per heavy atom. The van der Waals surface area contributed by atoms with Crippen LogP contribution < -0.4 is 5.73 Å². The molecule has 0 bridgehead atoms. The van der Waals surface area contributed by atoms with Crippen LogP contribution in [0.2, 0.25) is 0 Å². The maximum absolute atomic E-state index is 11.2. The van der Waals surface area contributed by atoms with E-state index in [1.807, 2.05) is 28.9 Å². The van der Waals surface area contributed by atoms with Gasteiger partial charge in [-0.3, -0.25) is 14.2 Å². The number of nitrogens with two attached hydrogens (primary N) is 1. The zero-order chi connectivity index (χ0) is 17.4. The molecule has 0 aliphatic heterocycles. The van der Waals surface area contributed by atoms with E-state index < -0.39 is 5.91 Å². The van der Waals surface area contributed by atoms with Gasteiger partial charge in [0.15, 0.2) is 5.65 Å². The summed E-state index contributed by atoms with van der Waals surface area (Å²) in [6.45, 7) is 2.07. The van der Waals surface area contributed by atoms with Crippen molar-refractivity contribution in [2.75, 3.05) is 0 Å². The Morgan fingerprint density at radius 2 is 1.60 bits per heavy atom. The molecule has 4 aromatic rings. The van der Waals surface area contributed by atoms with Gasteiger partial charge in [-0.15, -0.1) is 0 Å². The van der Waals surface area contributed by atoms with Gasteiger partial charge in [-0.1, -0.05) is 42.0 Å². The van der Waals surface area contributed by atoms with Crippen molar-refractivity contribution in [2.24, 2.45) is 5.73 Å². The molecule has 0 fully saturated rings. The van der Waals surface area contributed by atoms with Gasteiger partial charge in [-0.25, -0.2) is 4.98 Å². The average molecular weight is 328 g/mol. The van der Waals surface area contributed by atoms with Crippen molar-refractivity contribution in [1.82, 2.24) is 14.4 Å². The Labute approximate surface area is 144 Å². The van der Waals surface area contributed by atoms with Crippen molar-refractivity contribution < 1.29 is 4.79 Å². The molecule has 122 valence electrons. The quantitative estimate of drug-likeness (QED) is 0.626. The number of hydrogen-bond donors (Lipinski definition) is 1. The second kappa shape index (κ2) is 5.87. The molecule has 0 saturated carbocycles. The summed E-state index contributed by atoms with van der Waals surface area (Å²) in [6, 6.07) is 15.4. The van der Waals surface area contributed by atoms with E-state index in [4.69, 9.17) is 5.73 Å². The van der Waals surface area contributed by atoms with E-state index in [-0.39, 0.29) is 0 Å². The fraction of sp³-hybridized carbons (Fsp3) is 0.0500. The lowest BCUT2D eigenvalue weighted by Gasteiger charge is -2.06. The van der Waals surface area contributed by atoms with E-state index in [0.29, 0.717) is 5.56 Å². The third-order valence-corrected chi connectivity index (χ3v) is 4.21. The molecule has 2 heterocycles. The smallest absolute Gasteiger partial charge is 0.248 e. The molecule has 0 spiro atoms. The largest absolute Gasteiger partial charge is 0.366 e. The number of rotatable bonds is 3. The van der Waals surface area contributed by atoms with Crippen LogP contribution in [-0.4, -0.2) is 20.3 Å². The van der Waals surface area contributed by atoms with E-state index in [2.05, 4.69) is 41.2 Å². The predicted molar refractivity (Wildman–Crippen MR) is 97.1 cm³/mol. The maximum atomic E-state index is 11.2. The van der Waals surface area contributed by atoms with E-state index in [1.54, 1.807) is 18.3 Å². The molecule has 1 amide bonds. The summed E-state index contributed by atoms with van der Waals surface area (Å²) >= 11 is 0. The monoisotopic (exact) mass is 328 g/mol. The van der Waals surface area contributed by atoms with E-state index in [9.17, 15) is 4.79 Å². The van der Waals surface area contributed by atoms with Gasteiger partial charge in [0.25, 0.3) is 0 Å². The lowest BCUT2D eigenvalue weighted by molar-refractivity contribution is 0.100. The number of carbonyl (C=O) groups is 1. The van der Waals surface area contributed by atoms with Gasteiger partial charge in [0, 0.05) is 22.9 Å². The highest BCUT2D eigenvalue weighted by Crippen LogP contribution is 2.24. The fourth-order valence-corrected chi connectivity index (χ4v) is 2.78. The number of hydrogen-bond acceptors (Lipinski definition) is 3. The molecular formula is C20H16N4O. The van der Waals surface area contributed by atoms with Crippen molar-refractivity contribution in [3.8, 4) is 22.5 Å². The molecule has 5 heteroatoms. The molecular weight excluding hydrogens is 312 g/mol. The minimum atomic E-state index is -0.439. The van der Waals surface area contributed by atoms with Crippen LogP contribution in [0.1, 0.15) is 15.9 Å². The first-order valence-electron chi connectivity index (χ1n) is 7.92. The standard InChI is InChI=1S/C20H16N4O/c1-13-2-4-15(5-3-13)18-10-23-19-11-22-17(12-24(18)19)14-6-8-16(9-7-14)20(21)25/h2-12H,1H3,(H2,21,25). The second-order valence-corrected chi connectivity index (χ2v) is 5.95. The number of aromatic nitrogens is 3. The lowest BCUT2D eigenvalue weighted by atomic mass is 10.1. The van der Waals surface area contributed by atoms with Gasteiger partial charge in [0.05, 0.1) is 23.8 Å². The Balaban J connectivity index is 1.80. The number of carbonyl (C=O) groups excluding carboxylic acids is 1. The van der Waals surface area contributed by atoms with Crippen LogP contribution in [-0.2, 0) is 0 Å². The van der Waals surface area contributed by atoms with E-state index in [1.165, 1.54) is 5.56 Å². The summed E-state index contributed by atoms with van der Waals surface area (Å²) in [6.07, 6.45) is 5.55. The molecule has 4 rings (SSSR count). The first-order valence-corrected chi connectivity index (χ1v) is 7.92. The molecule has 2 aromatic carbocycles. The number of aryl methyl sites for hydroxylation is 1. The van der Waals surface area contributed by atoms with Crippen molar-refractivity contribution in [2.45, 2.75) is 6.92 Å². The summed E-state index contributed by atoms with van der Waals surface area (Å²) in [7, 11) is 0. The first-order chi connectivity index (χ1) is 12.1. The number of nitrogens with zero attached hydrogens (tertiary/aromatic N) is 3. The Bertz CT molecular complexity index is 1060. The zero-order valence-corrected chi connectivity index (χ0v) is 13.7. The van der Waals surface area contributed by atoms with Gasteiger partial charge in [-0.05, 0) is 19.1 Å². The van der Waals surface area contributed by atoms with Crippen LogP contribution in [0, 0.1) is 6.92 Å². The average Bonchev–Trinajstić information content (AvgIpc) is 3.05. The van der Waals surface area contributed by atoms with Crippen molar-refractivity contribution in [3.05, 3.63) is 78.2 Å². The highest BCUT2D eigenvalue weighted by atomic mass is 16.1. The molecule has 0 aliphatic rings. The number of imidazole rings is 1. The number of fused-ring (bicyclic) bond motifs is 1. The number of primary amides is 1. The first kappa shape index (κ1) is 15.1. The molecule has 0 atom stereocenters. The highest BCUT2D eigenvalue weighted by molar-refractivity contribution is 5.93. The van der Waals surface area contributed by atoms with Gasteiger partial charge in [0.1, 0.15) is 0 Å². The van der Waals surface area contributed by atoms with Crippen LogP contribution in [0.15, 0.2) is 67.1 Å². The summed E-state index contributed by atoms with van der Waals surface area (Å²) in [5.74, 6) is -0.439. The second-order valence-electron chi connectivity index (χ2n) is 5.95. The minimum absolute atomic E-state index is 0.439.